The van der Waals surface area contributed by atoms with Crippen LogP contribution in [0.4, 0.5) is 0 Å². The summed E-state index contributed by atoms with van der Waals surface area (Å²) < 4.78 is 17.7. The van der Waals surface area contributed by atoms with Gasteiger partial charge in [-0.05, 0) is 39.4 Å². The highest BCUT2D eigenvalue weighted by Crippen LogP contribution is 2.21. The summed E-state index contributed by atoms with van der Waals surface area (Å²) in [6, 6.07) is 0.875. The van der Waals surface area contributed by atoms with Crippen LogP contribution in [0.3, 0.4) is 0 Å². The van der Waals surface area contributed by atoms with Gasteiger partial charge in [-0.1, -0.05) is 82.9 Å². The molecule has 0 aliphatic heterocycles. The quantitative estimate of drug-likeness (QED) is 0.0916. The molecule has 0 N–H and O–H groups in total. The van der Waals surface area contributed by atoms with Gasteiger partial charge in [-0.2, -0.15) is 11.8 Å². The van der Waals surface area contributed by atoms with Crippen LogP contribution in [-0.4, -0.2) is 51.0 Å². The molecule has 0 saturated heterocycles. The van der Waals surface area contributed by atoms with E-state index in [0.717, 1.165) is 42.6 Å². The highest BCUT2D eigenvalue weighted by molar-refractivity contribution is 8.14. The van der Waals surface area contributed by atoms with Crippen molar-refractivity contribution in [1.82, 2.24) is 0 Å². The van der Waals surface area contributed by atoms with E-state index in [2.05, 4.69) is 6.92 Å². The smallest absolute Gasteiger partial charge is 0.374 e. The highest BCUT2D eigenvalue weighted by Gasteiger charge is 2.39. The number of carbonyl (C=O) groups is 1. The van der Waals surface area contributed by atoms with Crippen molar-refractivity contribution < 1.29 is 18.1 Å². The predicted octanol–water partition coefficient (Wildman–Crippen LogP) is 8.12. The molecule has 0 saturated carbocycles. The van der Waals surface area contributed by atoms with E-state index in [9.17, 15) is 4.79 Å². The van der Waals surface area contributed by atoms with E-state index in [-0.39, 0.29) is 0 Å². The first kappa shape index (κ1) is 32.5. The van der Waals surface area contributed by atoms with Crippen molar-refractivity contribution in [2.45, 2.75) is 117 Å². The van der Waals surface area contributed by atoms with Crippen molar-refractivity contribution in [3.05, 3.63) is 0 Å². The first-order valence-electron chi connectivity index (χ1n) is 13.3. The van der Waals surface area contributed by atoms with Crippen LogP contribution in [0.1, 0.15) is 111 Å². The molecule has 0 aliphatic carbocycles. The summed E-state index contributed by atoms with van der Waals surface area (Å²) in [7, 11) is -2.49. The number of hydrogen-bond donors (Lipinski definition) is 0. The van der Waals surface area contributed by atoms with Gasteiger partial charge in [0, 0.05) is 43.8 Å². The van der Waals surface area contributed by atoms with Gasteiger partial charge >= 0.3 is 8.80 Å². The largest absolute Gasteiger partial charge is 0.500 e. The van der Waals surface area contributed by atoms with Gasteiger partial charge in [0.2, 0.25) is 0 Å². The molecule has 0 rings (SSSR count). The minimum absolute atomic E-state index is 0.372. The lowest BCUT2D eigenvalue weighted by Crippen LogP contribution is -2.46. The van der Waals surface area contributed by atoms with Gasteiger partial charge in [0.15, 0.2) is 5.12 Å². The van der Waals surface area contributed by atoms with Crippen LogP contribution in [0.2, 0.25) is 6.04 Å². The minimum Gasteiger partial charge on any atom is -0.374 e. The molecule has 0 atom stereocenters. The topological polar surface area (TPSA) is 44.8 Å². The maximum Gasteiger partial charge on any atom is 0.500 e. The summed E-state index contributed by atoms with van der Waals surface area (Å²) >= 11 is 3.44. The second-order valence-electron chi connectivity index (χ2n) is 8.20. The maximum absolute atomic E-state index is 12.0. The van der Waals surface area contributed by atoms with E-state index in [1.807, 2.05) is 32.5 Å². The summed E-state index contributed by atoms with van der Waals surface area (Å²) in [5.74, 6) is 3.02. The van der Waals surface area contributed by atoms with Crippen LogP contribution in [0.5, 0.6) is 0 Å². The molecule has 0 fully saturated rings. The van der Waals surface area contributed by atoms with E-state index in [1.54, 1.807) is 0 Å². The van der Waals surface area contributed by atoms with Gasteiger partial charge in [-0.3, -0.25) is 4.79 Å². The maximum atomic E-state index is 12.0. The number of thioether (sulfide) groups is 2. The lowest BCUT2D eigenvalue weighted by molar-refractivity contribution is -0.111. The highest BCUT2D eigenvalue weighted by atomic mass is 32.2. The Bertz CT molecular complexity index is 396. The third kappa shape index (κ3) is 19.9. The molecule has 0 bridgehead atoms. The van der Waals surface area contributed by atoms with Crippen LogP contribution in [0.15, 0.2) is 0 Å². The molecule has 0 amide bonds. The summed E-state index contributed by atoms with van der Waals surface area (Å²) in [5.41, 5.74) is 0. The Labute approximate surface area is 209 Å². The molecule has 0 aromatic heterocycles. The standard InChI is InChI=1S/C25H52O4S2Si/c1-5-9-10-11-12-13-14-15-16-17-18-20-25(26)31-23-22-30-21-19-24-32(27-6-2,28-7-3)29-8-4/h5-24H2,1-4H3. The van der Waals surface area contributed by atoms with Gasteiger partial charge in [-0.25, -0.2) is 0 Å². The zero-order chi connectivity index (χ0) is 23.8. The Morgan fingerprint density at radius 3 is 1.62 bits per heavy atom. The Balaban J connectivity index is 3.56. The summed E-state index contributed by atoms with van der Waals surface area (Å²) in [5, 5.41) is 0.372. The summed E-state index contributed by atoms with van der Waals surface area (Å²) in [6.45, 7) is 10.2. The molecule has 4 nitrogen and oxygen atoms in total. The SMILES string of the molecule is CCCCCCCCCCCCCC(=O)SCCSCCC[Si](OCC)(OCC)OCC. The second-order valence-corrected chi connectivity index (χ2v) is 13.3. The molecule has 0 radical (unpaired) electrons. The summed E-state index contributed by atoms with van der Waals surface area (Å²) in [6.07, 6.45) is 16.4. The molecular weight excluding hydrogens is 456 g/mol. The zero-order valence-corrected chi connectivity index (χ0v) is 24.2. The summed E-state index contributed by atoms with van der Waals surface area (Å²) in [4.78, 5) is 12.0. The first-order chi connectivity index (χ1) is 15.6. The molecule has 192 valence electrons. The van der Waals surface area contributed by atoms with Crippen molar-refractivity contribution >= 4 is 37.4 Å². The Hall–Kier alpha value is 0.467. The molecule has 0 spiro atoms. The molecule has 0 unspecified atom stereocenters. The van der Waals surface area contributed by atoms with Gasteiger partial charge in [-0.15, -0.1) is 0 Å². The number of carbonyl (C=O) groups excluding carboxylic acids is 1. The number of rotatable bonds is 25. The van der Waals surface area contributed by atoms with Gasteiger partial charge in [0.05, 0.1) is 0 Å². The molecule has 7 heteroatoms. The normalized spacial score (nSPS) is 11.9. The second kappa shape index (κ2) is 24.6. The van der Waals surface area contributed by atoms with E-state index in [0.29, 0.717) is 24.9 Å². The molecule has 32 heavy (non-hydrogen) atoms. The average molecular weight is 509 g/mol. The van der Waals surface area contributed by atoms with Gasteiger partial charge in [0.1, 0.15) is 0 Å². The fourth-order valence-electron chi connectivity index (χ4n) is 3.71. The first-order valence-corrected chi connectivity index (χ1v) is 17.4. The minimum atomic E-state index is -2.49. The predicted molar refractivity (Wildman–Crippen MR) is 146 cm³/mol. The Morgan fingerprint density at radius 1 is 0.625 bits per heavy atom. The molecule has 0 aliphatic rings. The van der Waals surface area contributed by atoms with Crippen molar-refractivity contribution in [1.29, 1.82) is 0 Å². The molecule has 0 heterocycles. The fraction of sp³-hybridized carbons (Fsp3) is 0.960. The Morgan fingerprint density at radius 2 is 1.12 bits per heavy atom. The van der Waals surface area contributed by atoms with E-state index >= 15 is 0 Å². The van der Waals surface area contributed by atoms with Gasteiger partial charge < -0.3 is 13.3 Å². The van der Waals surface area contributed by atoms with Crippen molar-refractivity contribution in [3.8, 4) is 0 Å². The van der Waals surface area contributed by atoms with Crippen molar-refractivity contribution in [2.24, 2.45) is 0 Å². The molecular formula is C25H52O4S2Si. The van der Waals surface area contributed by atoms with Crippen LogP contribution in [0.25, 0.3) is 0 Å². The number of hydrogen-bond acceptors (Lipinski definition) is 6. The van der Waals surface area contributed by atoms with Crippen LogP contribution >= 0.6 is 23.5 Å². The Kier molecular flexibility index (Phi) is 24.9. The lowest BCUT2D eigenvalue weighted by atomic mass is 10.1. The van der Waals surface area contributed by atoms with Crippen molar-refractivity contribution in [2.75, 3.05) is 37.1 Å². The van der Waals surface area contributed by atoms with Crippen LogP contribution in [0, 0.1) is 0 Å². The van der Waals surface area contributed by atoms with Crippen LogP contribution < -0.4 is 0 Å². The molecule has 0 aromatic rings. The fourth-order valence-corrected chi connectivity index (χ4v) is 8.46. The van der Waals surface area contributed by atoms with E-state index in [1.165, 1.54) is 76.0 Å². The number of unbranched alkanes of at least 4 members (excludes halogenated alkanes) is 10. The zero-order valence-electron chi connectivity index (χ0n) is 21.6. The van der Waals surface area contributed by atoms with Crippen molar-refractivity contribution in [3.63, 3.8) is 0 Å². The molecule has 0 aromatic carbocycles. The average Bonchev–Trinajstić information content (AvgIpc) is 2.77. The van der Waals surface area contributed by atoms with Crippen LogP contribution in [-0.2, 0) is 18.1 Å². The lowest BCUT2D eigenvalue weighted by Gasteiger charge is -2.28. The third-order valence-electron chi connectivity index (χ3n) is 5.34. The third-order valence-corrected chi connectivity index (χ3v) is 10.8. The van der Waals surface area contributed by atoms with E-state index < -0.39 is 8.80 Å². The monoisotopic (exact) mass is 508 g/mol. The van der Waals surface area contributed by atoms with E-state index in [4.69, 9.17) is 13.3 Å². The van der Waals surface area contributed by atoms with Gasteiger partial charge in [0.25, 0.3) is 0 Å².